The molecule has 0 unspecified atom stereocenters. The number of aliphatic hydroxyl groups is 1. The van der Waals surface area contributed by atoms with Crippen LogP contribution in [-0.4, -0.2) is 189 Å². The summed E-state index contributed by atoms with van der Waals surface area (Å²) in [5.41, 5.74) is 6.03. The number of aliphatic hydroxyl groups excluding tert-OH is 1. The van der Waals surface area contributed by atoms with E-state index in [2.05, 4.69) is 30.7 Å². The molecule has 1 saturated heterocycles. The summed E-state index contributed by atoms with van der Waals surface area (Å²) in [5.74, 6) is -1.13. The zero-order valence-electron chi connectivity index (χ0n) is 49.0. The van der Waals surface area contributed by atoms with E-state index in [1.54, 1.807) is 48.7 Å². The molecule has 4 aromatic heterocycles. The Morgan fingerprint density at radius 1 is 0.753 bits per heavy atom. The molecule has 24 nitrogen and oxygen atoms in total. The Balaban J connectivity index is 0.609. The van der Waals surface area contributed by atoms with E-state index in [1.165, 1.54) is 27.9 Å². The van der Waals surface area contributed by atoms with Gasteiger partial charge in [0.15, 0.2) is 5.58 Å². The van der Waals surface area contributed by atoms with Crippen molar-refractivity contribution < 1.29 is 71.3 Å². The maximum atomic E-state index is 14.0. The molecule has 3 atom stereocenters. The van der Waals surface area contributed by atoms with E-state index in [4.69, 9.17) is 47.0 Å². The lowest BCUT2D eigenvalue weighted by Gasteiger charge is -2.34. The summed E-state index contributed by atoms with van der Waals surface area (Å²) in [6.07, 6.45) is 0.886. The Hall–Kier alpha value is -6.91. The smallest absolute Gasteiger partial charge is 0.274 e. The van der Waals surface area contributed by atoms with Gasteiger partial charge in [0.05, 0.1) is 134 Å². The number of ether oxygens (including phenoxy) is 9. The van der Waals surface area contributed by atoms with E-state index in [0.29, 0.717) is 127 Å². The quantitative estimate of drug-likeness (QED) is 0.0405. The molecule has 0 aliphatic carbocycles. The molecule has 460 valence electrons. The first kappa shape index (κ1) is 65.6. The van der Waals surface area contributed by atoms with Gasteiger partial charge in [0.2, 0.25) is 17.7 Å². The van der Waals surface area contributed by atoms with Gasteiger partial charge in [-0.25, -0.2) is 19.6 Å². The van der Waals surface area contributed by atoms with Crippen molar-refractivity contribution in [2.45, 2.75) is 65.6 Å². The number of rotatable bonds is 38. The number of Topliss-reactive ketones (excluding diaryl/α,β-unsaturated/α-hetero) is 1. The maximum absolute atomic E-state index is 14.0. The van der Waals surface area contributed by atoms with Crippen molar-refractivity contribution in [3.63, 3.8) is 0 Å². The number of anilines is 1. The minimum atomic E-state index is -0.841. The van der Waals surface area contributed by atoms with E-state index in [9.17, 15) is 29.1 Å². The first-order valence-corrected chi connectivity index (χ1v) is 29.3. The van der Waals surface area contributed by atoms with Crippen molar-refractivity contribution in [3.8, 4) is 27.8 Å². The molecule has 1 fully saturated rings. The highest BCUT2D eigenvalue weighted by molar-refractivity contribution is 7.13. The molecule has 3 amide bonds. The Morgan fingerprint density at radius 3 is 1.91 bits per heavy atom. The Kier molecular flexibility index (Phi) is 26.5. The van der Waals surface area contributed by atoms with E-state index in [0.717, 1.165) is 21.7 Å². The molecule has 5 heterocycles. The number of thiazole rings is 1. The molecule has 0 radical (unpaired) electrons. The molecule has 1 aliphatic rings. The summed E-state index contributed by atoms with van der Waals surface area (Å²) in [6.45, 7) is 14.3. The normalized spacial score (nSPS) is 14.7. The first-order chi connectivity index (χ1) is 41.1. The van der Waals surface area contributed by atoms with Crippen LogP contribution < -0.4 is 20.9 Å². The second-order valence-electron chi connectivity index (χ2n) is 21.0. The van der Waals surface area contributed by atoms with Gasteiger partial charge in [-0.1, -0.05) is 45.0 Å². The third kappa shape index (κ3) is 21.5. The van der Waals surface area contributed by atoms with Gasteiger partial charge in [-0.15, -0.1) is 11.3 Å². The van der Waals surface area contributed by atoms with Gasteiger partial charge in [-0.05, 0) is 59.9 Å². The van der Waals surface area contributed by atoms with Gasteiger partial charge < -0.3 is 67.7 Å². The number of aromatic nitrogens is 5. The number of carbonyl (C=O) groups excluding carboxylic acids is 4. The lowest BCUT2D eigenvalue weighted by Crippen LogP contribution is -2.50. The fourth-order valence-electron chi connectivity index (χ4n) is 8.83. The van der Waals surface area contributed by atoms with Gasteiger partial charge in [-0.3, -0.25) is 24.0 Å². The molecule has 3 N–H and O–H groups in total. The van der Waals surface area contributed by atoms with E-state index in [-0.39, 0.29) is 80.3 Å². The zero-order valence-corrected chi connectivity index (χ0v) is 49.8. The van der Waals surface area contributed by atoms with Gasteiger partial charge in [0.1, 0.15) is 41.1 Å². The molecule has 0 saturated carbocycles. The van der Waals surface area contributed by atoms with Crippen LogP contribution >= 0.6 is 11.3 Å². The van der Waals surface area contributed by atoms with Crippen molar-refractivity contribution in [1.29, 1.82) is 0 Å². The number of fused-ring (bicyclic) bond motifs is 1. The largest absolute Gasteiger partial charge is 0.490 e. The number of nitrogens with one attached hydrogen (secondary N) is 2. The molecule has 85 heavy (non-hydrogen) atoms. The number of likely N-dealkylation sites (tertiary alicyclic amines) is 1. The molecular weight excluding hydrogens is 1120 g/mol. The van der Waals surface area contributed by atoms with Crippen LogP contribution in [0.1, 0.15) is 61.8 Å². The number of benzene rings is 2. The highest BCUT2D eigenvalue weighted by atomic mass is 32.1. The number of oxazole rings is 1. The number of hydrogen-bond donors (Lipinski definition) is 3. The number of pyridine rings is 1. The summed E-state index contributed by atoms with van der Waals surface area (Å²) in [4.78, 5) is 80.6. The van der Waals surface area contributed by atoms with Gasteiger partial charge in [-0.2, -0.15) is 5.10 Å². The molecule has 25 heteroatoms. The zero-order chi connectivity index (χ0) is 60.4. The Bertz CT molecular complexity index is 3090. The highest BCUT2D eigenvalue weighted by Gasteiger charge is 2.44. The van der Waals surface area contributed by atoms with Crippen LogP contribution in [0.4, 0.5) is 5.69 Å². The average Bonchev–Trinajstić information content (AvgIpc) is 3.44. The topological polar surface area (TPSA) is 286 Å². The van der Waals surface area contributed by atoms with Crippen molar-refractivity contribution in [2.75, 3.05) is 124 Å². The summed E-state index contributed by atoms with van der Waals surface area (Å²) < 4.78 is 57.2. The van der Waals surface area contributed by atoms with Crippen molar-refractivity contribution in [1.82, 2.24) is 34.9 Å². The molecule has 1 aliphatic heterocycles. The molecule has 2 aromatic carbocycles. The fraction of sp³-hybridized carbons (Fsp3) is 0.517. The number of amides is 3. The van der Waals surface area contributed by atoms with Crippen LogP contribution in [0.5, 0.6) is 5.75 Å². The number of aryl methyl sites for hydroxylation is 2. The first-order valence-electron chi connectivity index (χ1n) is 28.4. The fourth-order valence-corrected chi connectivity index (χ4v) is 9.64. The standard InChI is InChI=1S/C60H78N8O16S/c1-41-55(85-40-63-41)43-8-6-42(7-9-43)37-62-57(73)52-36-46(70)39-68(52)59(74)48(60(2,3)4)35-45(69)16-17-75-18-19-76-20-21-77-22-23-78-24-25-79-26-27-80-28-29-81-30-31-82-32-33-83-47-11-12-49(61-38-47)56(72)64-44-10-14-53-51(34-44)65-58(84-53)50-13-15-54(71)67(5)66-50/h6-15,34,38,40,46,48,52,70H,16-33,35-37,39H2,1-5H3,(H,62,73)(H,64,72)/t46-,48-,52+/m1/s1. The number of β-amino-alcohol motifs (C(OH)–C–C–N with tert-alkyl or cyclic N) is 1. The minimum Gasteiger partial charge on any atom is -0.490 e. The maximum Gasteiger partial charge on any atom is 0.274 e. The molecule has 0 spiro atoms. The van der Waals surface area contributed by atoms with Crippen molar-refractivity contribution >= 4 is 51.6 Å². The van der Waals surface area contributed by atoms with Crippen LogP contribution in [0, 0.1) is 18.3 Å². The number of hydrogen-bond acceptors (Lipinski definition) is 21. The molecular formula is C60H78N8O16S. The summed E-state index contributed by atoms with van der Waals surface area (Å²) >= 11 is 1.57. The number of ketones is 1. The molecule has 6 aromatic rings. The monoisotopic (exact) mass is 1200 g/mol. The highest BCUT2D eigenvalue weighted by Crippen LogP contribution is 2.34. The van der Waals surface area contributed by atoms with Crippen LogP contribution in [0.15, 0.2) is 87.6 Å². The predicted molar refractivity (Wildman–Crippen MR) is 314 cm³/mol. The van der Waals surface area contributed by atoms with E-state index in [1.807, 2.05) is 57.5 Å². The minimum absolute atomic E-state index is 0.000961. The lowest BCUT2D eigenvalue weighted by atomic mass is 9.76. The van der Waals surface area contributed by atoms with E-state index < -0.39 is 29.4 Å². The molecule has 0 bridgehead atoms. The third-order valence-electron chi connectivity index (χ3n) is 13.5. The number of carbonyl (C=O) groups is 4. The lowest BCUT2D eigenvalue weighted by molar-refractivity contribution is -0.146. The summed E-state index contributed by atoms with van der Waals surface area (Å²) in [7, 11) is 1.54. The van der Waals surface area contributed by atoms with Crippen LogP contribution in [0.3, 0.4) is 0 Å². The van der Waals surface area contributed by atoms with Crippen LogP contribution in [0.2, 0.25) is 0 Å². The van der Waals surface area contributed by atoms with E-state index >= 15 is 0 Å². The number of nitrogens with zero attached hydrogens (tertiary/aromatic N) is 6. The Morgan fingerprint density at radius 2 is 1.35 bits per heavy atom. The second kappa shape index (κ2) is 34.3. The SMILES string of the molecule is Cc1ncsc1-c1ccc(CNC(=O)[C@@H]2C[C@@H](O)CN2C(=O)[C@@H](CC(=O)CCOCCOCCOCCOCCOCCOCCOCCOCCOc2ccc(C(=O)Nc3ccc4oc(-c5ccc(=O)n(C)n5)nc4c3)nc2)C(C)(C)C)cc1. The van der Waals surface area contributed by atoms with Crippen molar-refractivity contribution in [2.24, 2.45) is 18.4 Å². The summed E-state index contributed by atoms with van der Waals surface area (Å²) in [6, 6.07) is 18.2. The Labute approximate surface area is 497 Å². The van der Waals surface area contributed by atoms with Crippen LogP contribution in [-0.2, 0) is 65.9 Å². The van der Waals surface area contributed by atoms with Crippen LogP contribution in [0.25, 0.3) is 33.1 Å². The predicted octanol–water partition coefficient (Wildman–Crippen LogP) is 5.47. The second-order valence-corrected chi connectivity index (χ2v) is 21.8. The average molecular weight is 1200 g/mol. The summed E-state index contributed by atoms with van der Waals surface area (Å²) in [5, 5.41) is 20.5. The van der Waals surface area contributed by atoms with Gasteiger partial charge in [0.25, 0.3) is 11.5 Å². The van der Waals surface area contributed by atoms with Crippen molar-refractivity contribution in [3.05, 3.63) is 106 Å². The van der Waals surface area contributed by atoms with Gasteiger partial charge in [0, 0.05) is 57.1 Å². The third-order valence-corrected chi connectivity index (χ3v) is 14.5. The molecule has 7 rings (SSSR count). The van der Waals surface area contributed by atoms with Gasteiger partial charge >= 0.3 is 0 Å².